The molecule has 0 atom stereocenters. The summed E-state index contributed by atoms with van der Waals surface area (Å²) < 4.78 is 0. The first-order valence-electron chi connectivity index (χ1n) is 5.72. The van der Waals surface area contributed by atoms with Gasteiger partial charge in [-0.3, -0.25) is 4.90 Å². The molecule has 0 N–H and O–H groups in total. The summed E-state index contributed by atoms with van der Waals surface area (Å²) in [5.74, 6) is 0. The highest BCUT2D eigenvalue weighted by atomic mass is 15.1. The lowest BCUT2D eigenvalue weighted by atomic mass is 9.97. The molecule has 2 nitrogen and oxygen atoms in total. The maximum Gasteiger partial charge on any atom is 0.0409 e. The first-order valence-corrected chi connectivity index (χ1v) is 5.72. The number of anilines is 1. The second-order valence-corrected chi connectivity index (χ2v) is 4.43. The lowest BCUT2D eigenvalue weighted by Gasteiger charge is -2.30. The summed E-state index contributed by atoms with van der Waals surface area (Å²) in [6.45, 7) is 5.71. The maximum atomic E-state index is 2.51. The Balaban J connectivity index is 2.36. The van der Waals surface area contributed by atoms with Crippen LogP contribution >= 0.6 is 0 Å². The van der Waals surface area contributed by atoms with Gasteiger partial charge in [0, 0.05) is 32.9 Å². The van der Waals surface area contributed by atoms with Gasteiger partial charge in [-0.1, -0.05) is 19.1 Å². The van der Waals surface area contributed by atoms with Crippen molar-refractivity contribution in [1.82, 2.24) is 4.90 Å². The molecule has 15 heavy (non-hydrogen) atoms. The molecule has 0 bridgehead atoms. The van der Waals surface area contributed by atoms with Crippen LogP contribution in [0.25, 0.3) is 0 Å². The number of nitrogens with zero attached hydrogens (tertiary/aromatic N) is 2. The molecule has 1 aliphatic rings. The van der Waals surface area contributed by atoms with Gasteiger partial charge in [-0.25, -0.2) is 0 Å². The Morgan fingerprint density at radius 2 is 2.13 bits per heavy atom. The molecule has 0 fully saturated rings. The third kappa shape index (κ3) is 2.00. The zero-order valence-electron chi connectivity index (χ0n) is 9.95. The topological polar surface area (TPSA) is 6.48 Å². The van der Waals surface area contributed by atoms with Crippen LogP contribution in [0.15, 0.2) is 18.2 Å². The number of hydrogen-bond acceptors (Lipinski definition) is 2. The van der Waals surface area contributed by atoms with Gasteiger partial charge in [0.1, 0.15) is 0 Å². The van der Waals surface area contributed by atoms with Gasteiger partial charge in [0.05, 0.1) is 0 Å². The van der Waals surface area contributed by atoms with Crippen molar-refractivity contribution < 1.29 is 0 Å². The van der Waals surface area contributed by atoms with Crippen molar-refractivity contribution in [3.63, 3.8) is 0 Å². The van der Waals surface area contributed by atoms with E-state index in [4.69, 9.17) is 0 Å². The van der Waals surface area contributed by atoms with Crippen LogP contribution in [0.5, 0.6) is 0 Å². The molecule has 0 aliphatic carbocycles. The molecule has 0 saturated heterocycles. The van der Waals surface area contributed by atoms with E-state index < -0.39 is 0 Å². The van der Waals surface area contributed by atoms with E-state index in [2.05, 4.69) is 49.0 Å². The van der Waals surface area contributed by atoms with E-state index >= 15 is 0 Å². The minimum absolute atomic E-state index is 1.11. The molecule has 1 aromatic carbocycles. The van der Waals surface area contributed by atoms with Gasteiger partial charge in [-0.05, 0) is 30.2 Å². The second-order valence-electron chi connectivity index (χ2n) is 4.43. The lowest BCUT2D eigenvalue weighted by Crippen LogP contribution is -2.31. The highest BCUT2D eigenvalue weighted by molar-refractivity contribution is 5.56. The van der Waals surface area contributed by atoms with Gasteiger partial charge in [0.25, 0.3) is 0 Å². The SMILES string of the molecule is CCN1CCc2cccc(N(C)C)c2C1. The van der Waals surface area contributed by atoms with E-state index in [1.165, 1.54) is 29.8 Å². The minimum Gasteiger partial charge on any atom is -0.377 e. The van der Waals surface area contributed by atoms with Crippen LogP contribution in [0.3, 0.4) is 0 Å². The van der Waals surface area contributed by atoms with Gasteiger partial charge < -0.3 is 4.90 Å². The molecule has 82 valence electrons. The number of fused-ring (bicyclic) bond motifs is 1. The smallest absolute Gasteiger partial charge is 0.0409 e. The molecule has 0 radical (unpaired) electrons. The van der Waals surface area contributed by atoms with Crippen LogP contribution in [-0.4, -0.2) is 32.1 Å². The quantitative estimate of drug-likeness (QED) is 0.728. The molecular formula is C13H20N2. The average molecular weight is 204 g/mol. The third-order valence-electron chi connectivity index (χ3n) is 3.26. The Morgan fingerprint density at radius 1 is 1.33 bits per heavy atom. The van der Waals surface area contributed by atoms with Crippen molar-refractivity contribution in [2.75, 3.05) is 32.1 Å². The lowest BCUT2D eigenvalue weighted by molar-refractivity contribution is 0.268. The fourth-order valence-corrected chi connectivity index (χ4v) is 2.31. The maximum absolute atomic E-state index is 2.51. The number of hydrogen-bond donors (Lipinski definition) is 0. The standard InChI is InChI=1S/C13H20N2/c1-4-15-9-8-11-6-5-7-13(14(2)3)12(11)10-15/h5-7H,4,8-10H2,1-3H3. The van der Waals surface area contributed by atoms with Gasteiger partial charge >= 0.3 is 0 Å². The van der Waals surface area contributed by atoms with Crippen molar-refractivity contribution in [2.24, 2.45) is 0 Å². The van der Waals surface area contributed by atoms with Crippen LogP contribution in [0.1, 0.15) is 18.1 Å². The fourth-order valence-electron chi connectivity index (χ4n) is 2.31. The summed E-state index contributed by atoms with van der Waals surface area (Å²) in [4.78, 5) is 4.73. The molecule has 2 rings (SSSR count). The summed E-state index contributed by atoms with van der Waals surface area (Å²) in [5.41, 5.74) is 4.44. The van der Waals surface area contributed by atoms with Crippen molar-refractivity contribution in [3.8, 4) is 0 Å². The molecule has 1 aromatic rings. The van der Waals surface area contributed by atoms with Crippen molar-refractivity contribution in [1.29, 1.82) is 0 Å². The van der Waals surface area contributed by atoms with Crippen molar-refractivity contribution in [2.45, 2.75) is 19.9 Å². The monoisotopic (exact) mass is 204 g/mol. The predicted octanol–water partition coefficient (Wildman–Crippen LogP) is 2.13. The third-order valence-corrected chi connectivity index (χ3v) is 3.26. The average Bonchev–Trinajstić information content (AvgIpc) is 2.27. The zero-order chi connectivity index (χ0) is 10.8. The van der Waals surface area contributed by atoms with E-state index in [0.29, 0.717) is 0 Å². The van der Waals surface area contributed by atoms with Crippen molar-refractivity contribution in [3.05, 3.63) is 29.3 Å². The van der Waals surface area contributed by atoms with E-state index in [-0.39, 0.29) is 0 Å². The minimum atomic E-state index is 1.11. The van der Waals surface area contributed by atoms with E-state index in [1.807, 2.05) is 0 Å². The number of likely N-dealkylation sites (N-methyl/N-ethyl adjacent to an activating group) is 1. The molecular weight excluding hydrogens is 184 g/mol. The van der Waals surface area contributed by atoms with E-state index in [0.717, 1.165) is 13.1 Å². The van der Waals surface area contributed by atoms with E-state index in [1.54, 1.807) is 0 Å². The van der Waals surface area contributed by atoms with Crippen LogP contribution in [-0.2, 0) is 13.0 Å². The number of rotatable bonds is 2. The summed E-state index contributed by atoms with van der Waals surface area (Å²) >= 11 is 0. The Kier molecular flexibility index (Phi) is 2.96. The normalized spacial score (nSPS) is 16.2. The zero-order valence-corrected chi connectivity index (χ0v) is 9.95. The molecule has 2 heteroatoms. The first kappa shape index (κ1) is 10.5. The van der Waals surface area contributed by atoms with Gasteiger partial charge in [0.2, 0.25) is 0 Å². The first-order chi connectivity index (χ1) is 7.22. The largest absolute Gasteiger partial charge is 0.377 e. The Bertz CT molecular complexity index is 344. The van der Waals surface area contributed by atoms with Crippen LogP contribution in [0, 0.1) is 0 Å². The summed E-state index contributed by atoms with van der Waals surface area (Å²) in [6, 6.07) is 6.67. The fraction of sp³-hybridized carbons (Fsp3) is 0.538. The van der Waals surface area contributed by atoms with Gasteiger partial charge in [-0.15, -0.1) is 0 Å². The number of benzene rings is 1. The summed E-state index contributed by atoms with van der Waals surface area (Å²) in [7, 11) is 4.25. The molecule has 0 unspecified atom stereocenters. The Morgan fingerprint density at radius 3 is 2.80 bits per heavy atom. The predicted molar refractivity (Wildman–Crippen MR) is 65.4 cm³/mol. The van der Waals surface area contributed by atoms with Gasteiger partial charge in [-0.2, -0.15) is 0 Å². The molecule has 0 amide bonds. The van der Waals surface area contributed by atoms with Crippen molar-refractivity contribution >= 4 is 5.69 Å². The summed E-state index contributed by atoms with van der Waals surface area (Å²) in [6.07, 6.45) is 1.20. The molecule has 0 aromatic heterocycles. The highest BCUT2D eigenvalue weighted by Gasteiger charge is 2.17. The summed E-state index contributed by atoms with van der Waals surface area (Å²) in [5, 5.41) is 0. The van der Waals surface area contributed by atoms with Crippen LogP contribution < -0.4 is 4.90 Å². The van der Waals surface area contributed by atoms with Gasteiger partial charge in [0.15, 0.2) is 0 Å². The van der Waals surface area contributed by atoms with E-state index in [9.17, 15) is 0 Å². The van der Waals surface area contributed by atoms with Crippen LogP contribution in [0.2, 0.25) is 0 Å². The highest BCUT2D eigenvalue weighted by Crippen LogP contribution is 2.27. The molecule has 1 heterocycles. The molecule has 0 saturated carbocycles. The van der Waals surface area contributed by atoms with Crippen LogP contribution in [0.4, 0.5) is 5.69 Å². The molecule has 1 aliphatic heterocycles. The molecule has 0 spiro atoms. The second kappa shape index (κ2) is 4.23. The Hall–Kier alpha value is -1.02. The Labute approximate surface area is 92.5 Å².